The topological polar surface area (TPSA) is 50.3 Å². The Labute approximate surface area is 98.7 Å². The van der Waals surface area contributed by atoms with Crippen LogP contribution in [0.4, 0.5) is 13.2 Å². The summed E-state index contributed by atoms with van der Waals surface area (Å²) in [6, 6.07) is 0. The van der Waals surface area contributed by atoms with Crippen molar-refractivity contribution in [1.82, 2.24) is 9.29 Å². The lowest BCUT2D eigenvalue weighted by molar-refractivity contribution is -0.134. The normalized spacial score (nSPS) is 13.4. The quantitative estimate of drug-likeness (QED) is 0.856. The van der Waals surface area contributed by atoms with Crippen molar-refractivity contribution in [3.05, 3.63) is 10.7 Å². The lowest BCUT2D eigenvalue weighted by Gasteiger charge is -2.17. The largest absolute Gasteiger partial charge is 0.402 e. The summed E-state index contributed by atoms with van der Waals surface area (Å²) in [5.41, 5.74) is 0. The SMILES string of the molecule is CN(CC(F)(F)F)S(=O)(=O)c1cnc(Cl)s1. The van der Waals surface area contributed by atoms with Crippen LogP contribution >= 0.6 is 22.9 Å². The summed E-state index contributed by atoms with van der Waals surface area (Å²) >= 11 is 6.01. The molecule has 16 heavy (non-hydrogen) atoms. The van der Waals surface area contributed by atoms with Crippen molar-refractivity contribution in [2.24, 2.45) is 0 Å². The number of nitrogens with zero attached hydrogens (tertiary/aromatic N) is 2. The Kier molecular flexibility index (Phi) is 3.83. The van der Waals surface area contributed by atoms with E-state index in [-0.39, 0.29) is 13.0 Å². The van der Waals surface area contributed by atoms with Gasteiger partial charge < -0.3 is 0 Å². The molecule has 0 aliphatic rings. The smallest absolute Gasteiger partial charge is 0.232 e. The molecule has 0 saturated carbocycles. The van der Waals surface area contributed by atoms with Crippen molar-refractivity contribution in [3.63, 3.8) is 0 Å². The zero-order chi connectivity index (χ0) is 12.6. The van der Waals surface area contributed by atoms with Crippen molar-refractivity contribution in [2.45, 2.75) is 10.4 Å². The average Bonchev–Trinajstić information content (AvgIpc) is 2.48. The van der Waals surface area contributed by atoms with Crippen LogP contribution in [0.15, 0.2) is 10.4 Å². The van der Waals surface area contributed by atoms with E-state index in [4.69, 9.17) is 11.6 Å². The van der Waals surface area contributed by atoms with E-state index in [2.05, 4.69) is 4.98 Å². The summed E-state index contributed by atoms with van der Waals surface area (Å²) in [5, 5.41) is 0. The highest BCUT2D eigenvalue weighted by molar-refractivity contribution is 7.91. The fourth-order valence-electron chi connectivity index (χ4n) is 0.849. The number of alkyl halides is 3. The van der Waals surface area contributed by atoms with Crippen LogP contribution < -0.4 is 0 Å². The number of hydrogen-bond acceptors (Lipinski definition) is 4. The highest BCUT2D eigenvalue weighted by Crippen LogP contribution is 2.26. The lowest BCUT2D eigenvalue weighted by atomic mass is 10.6. The summed E-state index contributed by atoms with van der Waals surface area (Å²) in [6.07, 6.45) is -3.66. The third kappa shape index (κ3) is 3.30. The minimum atomic E-state index is -4.59. The van der Waals surface area contributed by atoms with Crippen LogP contribution in [0.5, 0.6) is 0 Å². The van der Waals surface area contributed by atoms with E-state index in [1.54, 1.807) is 0 Å². The summed E-state index contributed by atoms with van der Waals surface area (Å²) in [4.78, 5) is 3.46. The van der Waals surface area contributed by atoms with Gasteiger partial charge in [0.1, 0.15) is 6.54 Å². The van der Waals surface area contributed by atoms with Crippen LogP contribution in [0.3, 0.4) is 0 Å². The van der Waals surface area contributed by atoms with Gasteiger partial charge in [-0.1, -0.05) is 22.9 Å². The third-order valence-corrected chi connectivity index (χ3v) is 4.88. The third-order valence-electron chi connectivity index (χ3n) is 1.52. The molecule has 1 rings (SSSR count). The van der Waals surface area contributed by atoms with Gasteiger partial charge in [-0.25, -0.2) is 13.4 Å². The maximum Gasteiger partial charge on any atom is 0.402 e. The number of thiazole rings is 1. The molecule has 1 aromatic heterocycles. The molecule has 92 valence electrons. The number of aromatic nitrogens is 1. The molecule has 1 aromatic rings. The number of rotatable bonds is 3. The van der Waals surface area contributed by atoms with Crippen LogP contribution in [-0.4, -0.2) is 37.5 Å². The van der Waals surface area contributed by atoms with Crippen LogP contribution in [-0.2, 0) is 10.0 Å². The molecule has 0 aliphatic carbocycles. The average molecular weight is 295 g/mol. The first-order valence-electron chi connectivity index (χ1n) is 3.77. The van der Waals surface area contributed by atoms with Gasteiger partial charge in [0.05, 0.1) is 6.20 Å². The Balaban J connectivity index is 2.95. The molecular weight excluding hydrogens is 289 g/mol. The van der Waals surface area contributed by atoms with E-state index >= 15 is 0 Å². The molecule has 0 bridgehead atoms. The molecule has 0 radical (unpaired) electrons. The maximum atomic E-state index is 12.0. The van der Waals surface area contributed by atoms with E-state index in [1.807, 2.05) is 0 Å². The first kappa shape index (κ1) is 13.7. The van der Waals surface area contributed by atoms with Gasteiger partial charge in [0.2, 0.25) is 0 Å². The van der Waals surface area contributed by atoms with Gasteiger partial charge in [-0.3, -0.25) is 0 Å². The van der Waals surface area contributed by atoms with Crippen LogP contribution in [0.2, 0.25) is 4.47 Å². The molecule has 0 N–H and O–H groups in total. The maximum absolute atomic E-state index is 12.0. The molecule has 0 fully saturated rings. The van der Waals surface area contributed by atoms with Gasteiger partial charge in [-0.2, -0.15) is 17.5 Å². The summed E-state index contributed by atoms with van der Waals surface area (Å²) < 4.78 is 59.0. The molecule has 0 saturated heterocycles. The van der Waals surface area contributed by atoms with Gasteiger partial charge in [0, 0.05) is 7.05 Å². The standard InChI is InChI=1S/C6H6ClF3N2O2S2/c1-12(3-6(8,9)10)16(13,14)4-2-11-5(7)15-4/h2H,3H2,1H3. The summed E-state index contributed by atoms with van der Waals surface area (Å²) in [5.74, 6) is 0. The highest BCUT2D eigenvalue weighted by atomic mass is 35.5. The first-order chi connectivity index (χ1) is 7.13. The van der Waals surface area contributed by atoms with Crippen molar-refractivity contribution in [3.8, 4) is 0 Å². The predicted octanol–water partition coefficient (Wildman–Crippen LogP) is 1.98. The molecule has 4 nitrogen and oxygen atoms in total. The molecule has 1 heterocycles. The van der Waals surface area contributed by atoms with E-state index in [1.165, 1.54) is 0 Å². The second kappa shape index (κ2) is 4.47. The zero-order valence-electron chi connectivity index (χ0n) is 7.82. The van der Waals surface area contributed by atoms with Gasteiger partial charge in [-0.15, -0.1) is 0 Å². The van der Waals surface area contributed by atoms with Crippen LogP contribution in [0, 0.1) is 0 Å². The number of halogens is 4. The molecule has 0 amide bonds. The van der Waals surface area contributed by atoms with Crippen molar-refractivity contribution < 1.29 is 21.6 Å². The Morgan fingerprint density at radius 2 is 2.12 bits per heavy atom. The van der Waals surface area contributed by atoms with Gasteiger partial charge >= 0.3 is 6.18 Å². The molecule has 10 heteroatoms. The monoisotopic (exact) mass is 294 g/mol. The van der Waals surface area contributed by atoms with Gasteiger partial charge in [0.25, 0.3) is 10.0 Å². The Morgan fingerprint density at radius 1 is 1.56 bits per heavy atom. The van der Waals surface area contributed by atoms with E-state index in [0.29, 0.717) is 11.3 Å². The van der Waals surface area contributed by atoms with Crippen LogP contribution in [0.1, 0.15) is 0 Å². The Bertz CT molecular complexity index is 470. The fraction of sp³-hybridized carbons (Fsp3) is 0.500. The Hall–Kier alpha value is -0.380. The molecule has 0 spiro atoms. The molecule has 0 unspecified atom stereocenters. The number of sulfonamides is 1. The zero-order valence-corrected chi connectivity index (χ0v) is 10.2. The molecular formula is C6H6ClF3N2O2S2. The molecule has 0 aromatic carbocycles. The second-order valence-corrected chi connectivity index (χ2v) is 6.69. The first-order valence-corrected chi connectivity index (χ1v) is 6.41. The van der Waals surface area contributed by atoms with Crippen molar-refractivity contribution in [2.75, 3.05) is 13.6 Å². The molecule has 0 atom stereocenters. The van der Waals surface area contributed by atoms with Crippen molar-refractivity contribution >= 4 is 33.0 Å². The second-order valence-electron chi connectivity index (χ2n) is 2.81. The summed E-state index contributed by atoms with van der Waals surface area (Å²) in [7, 11) is -3.32. The van der Waals surface area contributed by atoms with Crippen LogP contribution in [0.25, 0.3) is 0 Å². The van der Waals surface area contributed by atoms with Crippen molar-refractivity contribution in [1.29, 1.82) is 0 Å². The lowest BCUT2D eigenvalue weighted by Crippen LogP contribution is -2.35. The highest BCUT2D eigenvalue weighted by Gasteiger charge is 2.35. The Morgan fingerprint density at radius 3 is 2.50 bits per heavy atom. The summed E-state index contributed by atoms with van der Waals surface area (Å²) in [6.45, 7) is -1.55. The van der Waals surface area contributed by atoms with Gasteiger partial charge in [-0.05, 0) is 0 Å². The van der Waals surface area contributed by atoms with E-state index in [0.717, 1.165) is 13.2 Å². The fourth-order valence-corrected chi connectivity index (χ4v) is 3.51. The predicted molar refractivity (Wildman–Crippen MR) is 53.0 cm³/mol. The van der Waals surface area contributed by atoms with E-state index < -0.39 is 22.7 Å². The minimum Gasteiger partial charge on any atom is -0.232 e. The van der Waals surface area contributed by atoms with E-state index in [9.17, 15) is 21.6 Å². The number of hydrogen-bond donors (Lipinski definition) is 0. The minimum absolute atomic E-state index is 0.0426. The van der Waals surface area contributed by atoms with Gasteiger partial charge in [0.15, 0.2) is 8.68 Å². The molecule has 0 aliphatic heterocycles.